The predicted molar refractivity (Wildman–Crippen MR) is 56.4 cm³/mol. The minimum absolute atomic E-state index is 0.305. The lowest BCUT2D eigenvalue weighted by Gasteiger charge is -2.07. The van der Waals surface area contributed by atoms with Crippen molar-refractivity contribution in [2.75, 3.05) is 0 Å². The number of Topliss-reactive ketones (excluding diaryl/α,β-unsaturated/α-hetero) is 1. The molecule has 1 aromatic rings. The van der Waals surface area contributed by atoms with E-state index in [0.29, 0.717) is 17.4 Å². The molecule has 0 aromatic heterocycles. The fourth-order valence-corrected chi connectivity index (χ4v) is 1.22. The Balaban J connectivity index is 2.79. The van der Waals surface area contributed by atoms with Crippen molar-refractivity contribution in [2.45, 2.75) is 12.5 Å². The average molecular weight is 221 g/mol. The first kappa shape index (κ1) is 12.1. The van der Waals surface area contributed by atoms with Gasteiger partial charge in [-0.1, -0.05) is 24.3 Å². The number of carboxylic acid groups (broad SMARTS) is 1. The molecule has 5 nitrogen and oxygen atoms in total. The molecule has 0 heterocycles. The van der Waals surface area contributed by atoms with Crippen LogP contribution in [0.15, 0.2) is 24.3 Å². The van der Waals surface area contributed by atoms with E-state index in [-0.39, 0.29) is 0 Å². The summed E-state index contributed by atoms with van der Waals surface area (Å²) >= 11 is 0. The van der Waals surface area contributed by atoms with E-state index in [1.54, 1.807) is 0 Å². The van der Waals surface area contributed by atoms with E-state index < -0.39 is 24.2 Å². The fourth-order valence-electron chi connectivity index (χ4n) is 1.22. The molecule has 0 aliphatic heterocycles. The summed E-state index contributed by atoms with van der Waals surface area (Å²) in [5, 5.41) is 8.48. The highest BCUT2D eigenvalue weighted by Gasteiger charge is 2.18. The quantitative estimate of drug-likeness (QED) is 0.556. The minimum atomic E-state index is -1.12. The van der Waals surface area contributed by atoms with Crippen molar-refractivity contribution in [3.05, 3.63) is 35.4 Å². The van der Waals surface area contributed by atoms with Gasteiger partial charge in [-0.15, -0.1) is 0 Å². The normalized spacial score (nSPS) is 11.8. The Bertz CT molecular complexity index is 410. The summed E-state index contributed by atoms with van der Waals surface area (Å²) in [6.07, 6.45) is 0.250. The number of hydrogen-bond acceptors (Lipinski definition) is 4. The van der Waals surface area contributed by atoms with Crippen LogP contribution >= 0.6 is 0 Å². The molecule has 5 heteroatoms. The van der Waals surface area contributed by atoms with Gasteiger partial charge in [0.15, 0.2) is 5.78 Å². The topological polar surface area (TPSA) is 97.5 Å². The molecule has 0 fully saturated rings. The van der Waals surface area contributed by atoms with Crippen molar-refractivity contribution < 1.29 is 19.5 Å². The molecule has 0 saturated carbocycles. The van der Waals surface area contributed by atoms with Gasteiger partial charge < -0.3 is 10.8 Å². The van der Waals surface area contributed by atoms with Crippen LogP contribution in [-0.2, 0) is 4.79 Å². The molecule has 0 aliphatic rings. The van der Waals surface area contributed by atoms with Crippen molar-refractivity contribution in [1.29, 1.82) is 0 Å². The number of carbonyl (C=O) groups is 3. The van der Waals surface area contributed by atoms with Crippen LogP contribution in [0.2, 0.25) is 0 Å². The molecule has 84 valence electrons. The first-order valence-electron chi connectivity index (χ1n) is 4.61. The maximum atomic E-state index is 11.6. The molecule has 0 spiro atoms. The van der Waals surface area contributed by atoms with Crippen molar-refractivity contribution in [1.82, 2.24) is 0 Å². The van der Waals surface area contributed by atoms with Gasteiger partial charge >= 0.3 is 5.97 Å². The van der Waals surface area contributed by atoms with Crippen LogP contribution in [0.4, 0.5) is 0 Å². The zero-order valence-electron chi connectivity index (χ0n) is 8.42. The SMILES string of the molecule is N[C@H](CC(=O)O)C(=O)c1ccc(C=O)cc1. The summed E-state index contributed by atoms with van der Waals surface area (Å²) in [4.78, 5) is 32.4. The number of aldehydes is 1. The van der Waals surface area contributed by atoms with E-state index in [1.165, 1.54) is 24.3 Å². The van der Waals surface area contributed by atoms with Crippen LogP contribution in [0.1, 0.15) is 27.1 Å². The molecule has 0 aliphatic carbocycles. The number of hydrogen-bond donors (Lipinski definition) is 2. The third-order valence-electron chi connectivity index (χ3n) is 2.06. The maximum Gasteiger partial charge on any atom is 0.305 e. The Morgan fingerprint density at radius 2 is 1.88 bits per heavy atom. The fraction of sp³-hybridized carbons (Fsp3) is 0.182. The van der Waals surface area contributed by atoms with Gasteiger partial charge in [-0.3, -0.25) is 14.4 Å². The molecule has 1 rings (SSSR count). The van der Waals surface area contributed by atoms with E-state index in [9.17, 15) is 14.4 Å². The number of benzene rings is 1. The molecule has 0 unspecified atom stereocenters. The van der Waals surface area contributed by atoms with Gasteiger partial charge in [0.25, 0.3) is 0 Å². The number of nitrogens with two attached hydrogens (primary N) is 1. The summed E-state index contributed by atoms with van der Waals surface area (Å²) < 4.78 is 0. The number of aliphatic carboxylic acids is 1. The second-order valence-electron chi connectivity index (χ2n) is 3.31. The summed E-state index contributed by atoms with van der Waals surface area (Å²) in [7, 11) is 0. The molecule has 1 atom stereocenters. The third kappa shape index (κ3) is 2.99. The maximum absolute atomic E-state index is 11.6. The van der Waals surface area contributed by atoms with E-state index in [4.69, 9.17) is 10.8 Å². The second kappa shape index (κ2) is 5.18. The third-order valence-corrected chi connectivity index (χ3v) is 2.06. The van der Waals surface area contributed by atoms with Crippen LogP contribution in [0.5, 0.6) is 0 Å². The summed E-state index contributed by atoms with van der Waals surface area (Å²) in [5.74, 6) is -1.56. The van der Waals surface area contributed by atoms with Gasteiger partial charge in [0.2, 0.25) is 0 Å². The minimum Gasteiger partial charge on any atom is -0.481 e. The van der Waals surface area contributed by atoms with Gasteiger partial charge in [0, 0.05) is 11.1 Å². The standard InChI is InChI=1S/C11H11NO4/c12-9(5-10(14)15)11(16)8-3-1-7(6-13)2-4-8/h1-4,6,9H,5,12H2,(H,14,15)/t9-/m1/s1. The molecule has 0 bridgehead atoms. The van der Waals surface area contributed by atoms with Gasteiger partial charge in [0.1, 0.15) is 6.29 Å². The number of carboxylic acids is 1. The molecular weight excluding hydrogens is 210 g/mol. The van der Waals surface area contributed by atoms with Crippen LogP contribution < -0.4 is 5.73 Å². The van der Waals surface area contributed by atoms with Crippen LogP contribution in [0.25, 0.3) is 0 Å². The highest BCUT2D eigenvalue weighted by atomic mass is 16.4. The first-order chi connectivity index (χ1) is 7.54. The molecule has 16 heavy (non-hydrogen) atoms. The highest BCUT2D eigenvalue weighted by Crippen LogP contribution is 2.06. The summed E-state index contributed by atoms with van der Waals surface area (Å²) in [6.45, 7) is 0. The van der Waals surface area contributed by atoms with Crippen LogP contribution in [0.3, 0.4) is 0 Å². The lowest BCUT2D eigenvalue weighted by Crippen LogP contribution is -2.32. The highest BCUT2D eigenvalue weighted by molar-refractivity contribution is 6.01. The van der Waals surface area contributed by atoms with Gasteiger partial charge in [0.05, 0.1) is 12.5 Å². The number of rotatable bonds is 5. The second-order valence-corrected chi connectivity index (χ2v) is 3.31. The smallest absolute Gasteiger partial charge is 0.305 e. The summed E-state index contributed by atoms with van der Waals surface area (Å²) in [5.41, 5.74) is 6.17. The average Bonchev–Trinajstić information content (AvgIpc) is 2.27. The number of carbonyl (C=O) groups excluding carboxylic acids is 2. The molecule has 0 amide bonds. The Morgan fingerprint density at radius 3 is 2.31 bits per heavy atom. The van der Waals surface area contributed by atoms with Crippen LogP contribution in [-0.4, -0.2) is 29.2 Å². The Morgan fingerprint density at radius 1 is 1.31 bits per heavy atom. The zero-order valence-corrected chi connectivity index (χ0v) is 8.42. The largest absolute Gasteiger partial charge is 0.481 e. The molecule has 1 aromatic carbocycles. The van der Waals surface area contributed by atoms with Gasteiger partial charge in [-0.2, -0.15) is 0 Å². The monoisotopic (exact) mass is 221 g/mol. The molecule has 3 N–H and O–H groups in total. The lowest BCUT2D eigenvalue weighted by molar-refractivity contribution is -0.137. The molecule has 0 radical (unpaired) electrons. The Hall–Kier alpha value is -2.01. The van der Waals surface area contributed by atoms with E-state index in [1.807, 2.05) is 0 Å². The van der Waals surface area contributed by atoms with E-state index in [0.717, 1.165) is 0 Å². The zero-order chi connectivity index (χ0) is 12.1. The molecule has 0 saturated heterocycles. The number of ketones is 1. The van der Waals surface area contributed by atoms with Crippen molar-refractivity contribution in [2.24, 2.45) is 5.73 Å². The molecular formula is C11H11NO4. The van der Waals surface area contributed by atoms with E-state index in [2.05, 4.69) is 0 Å². The Labute approximate surface area is 91.9 Å². The Kier molecular flexibility index (Phi) is 3.90. The van der Waals surface area contributed by atoms with E-state index >= 15 is 0 Å². The van der Waals surface area contributed by atoms with Crippen molar-refractivity contribution in [3.63, 3.8) is 0 Å². The van der Waals surface area contributed by atoms with Gasteiger partial charge in [-0.25, -0.2) is 0 Å². The van der Waals surface area contributed by atoms with Crippen molar-refractivity contribution >= 4 is 18.0 Å². The predicted octanol–water partition coefficient (Wildman–Crippen LogP) is 0.484. The first-order valence-corrected chi connectivity index (χ1v) is 4.61. The summed E-state index contributed by atoms with van der Waals surface area (Å²) in [6, 6.07) is 4.81. The van der Waals surface area contributed by atoms with Crippen molar-refractivity contribution in [3.8, 4) is 0 Å². The lowest BCUT2D eigenvalue weighted by atomic mass is 10.0. The van der Waals surface area contributed by atoms with Gasteiger partial charge in [-0.05, 0) is 0 Å². The van der Waals surface area contributed by atoms with Crippen LogP contribution in [0, 0.1) is 0 Å².